The van der Waals surface area contributed by atoms with Gasteiger partial charge >= 0.3 is 6.43 Å². The lowest BCUT2D eigenvalue weighted by molar-refractivity contribution is 0.00757. The highest BCUT2D eigenvalue weighted by molar-refractivity contribution is 7.80. The normalized spacial score (nSPS) is 16.6. The standard InChI is InChI=1S/C22H19ClF3N5OS/c23-16-7-15(5-6-17(16)24)31(21(33)30-11-22(12-30)9-27-10-22)8-13-1-3-14(4-2-13)19-28-29-20(32-19)18(25)26/h1-7,18,27H,8-12H2. The fourth-order valence-electron chi connectivity index (χ4n) is 4.07. The number of rotatable bonds is 5. The van der Waals surface area contributed by atoms with Crippen LogP contribution in [0.3, 0.4) is 0 Å². The Morgan fingerprint density at radius 3 is 2.48 bits per heavy atom. The van der Waals surface area contributed by atoms with E-state index in [1.807, 2.05) is 17.0 Å². The van der Waals surface area contributed by atoms with Crippen LogP contribution in [-0.2, 0) is 6.54 Å². The topological polar surface area (TPSA) is 57.4 Å². The van der Waals surface area contributed by atoms with Gasteiger partial charge in [0.2, 0.25) is 5.89 Å². The molecule has 3 aromatic rings. The monoisotopic (exact) mass is 493 g/mol. The van der Waals surface area contributed by atoms with E-state index >= 15 is 0 Å². The summed E-state index contributed by atoms with van der Waals surface area (Å²) in [5, 5.41) is 11.0. The van der Waals surface area contributed by atoms with Crippen molar-refractivity contribution in [1.29, 1.82) is 0 Å². The molecule has 0 amide bonds. The fourth-order valence-corrected chi connectivity index (χ4v) is 4.54. The molecule has 0 atom stereocenters. The van der Waals surface area contributed by atoms with Crippen LogP contribution >= 0.6 is 23.8 Å². The smallest absolute Gasteiger partial charge is 0.314 e. The molecule has 5 rings (SSSR count). The number of anilines is 1. The molecule has 3 heterocycles. The van der Waals surface area contributed by atoms with Gasteiger partial charge in [-0.15, -0.1) is 10.2 Å². The molecule has 6 nitrogen and oxygen atoms in total. The van der Waals surface area contributed by atoms with Gasteiger partial charge in [0.25, 0.3) is 5.89 Å². The molecule has 0 unspecified atom stereocenters. The summed E-state index contributed by atoms with van der Waals surface area (Å²) in [5.41, 5.74) is 2.40. The highest BCUT2D eigenvalue weighted by atomic mass is 35.5. The second-order valence-corrected chi connectivity index (χ2v) is 9.14. The molecule has 1 aromatic heterocycles. The van der Waals surface area contributed by atoms with E-state index < -0.39 is 18.1 Å². The first-order valence-electron chi connectivity index (χ1n) is 10.3. The Morgan fingerprint density at radius 2 is 1.91 bits per heavy atom. The van der Waals surface area contributed by atoms with Gasteiger partial charge in [-0.05, 0) is 48.1 Å². The van der Waals surface area contributed by atoms with Crippen LogP contribution in [0.1, 0.15) is 17.9 Å². The van der Waals surface area contributed by atoms with E-state index in [4.69, 9.17) is 28.2 Å². The third-order valence-electron chi connectivity index (χ3n) is 5.94. The number of alkyl halides is 2. The summed E-state index contributed by atoms with van der Waals surface area (Å²) in [7, 11) is 0. The lowest BCUT2D eigenvalue weighted by Crippen LogP contribution is -2.73. The van der Waals surface area contributed by atoms with Gasteiger partial charge in [-0.25, -0.2) is 4.39 Å². The van der Waals surface area contributed by atoms with Gasteiger partial charge in [0, 0.05) is 42.8 Å². The van der Waals surface area contributed by atoms with Crippen LogP contribution in [-0.4, -0.2) is 46.4 Å². The Balaban J connectivity index is 1.37. The third kappa shape index (κ3) is 4.30. The lowest BCUT2D eigenvalue weighted by Gasteiger charge is -2.57. The average Bonchev–Trinajstić information content (AvgIpc) is 3.23. The van der Waals surface area contributed by atoms with Crippen molar-refractivity contribution in [1.82, 2.24) is 20.4 Å². The second kappa shape index (κ2) is 8.58. The Hall–Kier alpha value is -2.69. The SMILES string of the molecule is Fc1ccc(N(Cc2ccc(-c3nnc(C(F)F)o3)cc2)C(=S)N2CC3(CNC3)C2)cc1Cl. The van der Waals surface area contributed by atoms with Crippen molar-refractivity contribution in [2.75, 3.05) is 31.1 Å². The molecule has 33 heavy (non-hydrogen) atoms. The number of nitrogens with zero attached hydrogens (tertiary/aromatic N) is 4. The Kier molecular flexibility index (Phi) is 5.75. The van der Waals surface area contributed by atoms with Gasteiger partial charge in [0.1, 0.15) is 5.82 Å². The van der Waals surface area contributed by atoms with Crippen molar-refractivity contribution < 1.29 is 17.6 Å². The van der Waals surface area contributed by atoms with Crippen molar-refractivity contribution in [2.45, 2.75) is 13.0 Å². The number of likely N-dealkylation sites (tertiary alicyclic amines) is 1. The highest BCUT2D eigenvalue weighted by Gasteiger charge is 2.49. The zero-order valence-electron chi connectivity index (χ0n) is 17.3. The molecular formula is C22H19ClF3N5OS. The number of thiocarbonyl (C=S) groups is 1. The van der Waals surface area contributed by atoms with Crippen molar-refractivity contribution in [3.63, 3.8) is 0 Å². The Bertz CT molecular complexity index is 1180. The molecule has 2 aliphatic rings. The van der Waals surface area contributed by atoms with Gasteiger partial charge in [-0.3, -0.25) is 0 Å². The first-order valence-corrected chi connectivity index (χ1v) is 11.1. The maximum atomic E-state index is 13.8. The summed E-state index contributed by atoms with van der Waals surface area (Å²) >= 11 is 11.8. The number of hydrogen-bond donors (Lipinski definition) is 1. The molecule has 0 saturated carbocycles. The van der Waals surface area contributed by atoms with Crippen LogP contribution in [0, 0.1) is 11.2 Å². The summed E-state index contributed by atoms with van der Waals surface area (Å²) in [6, 6.07) is 11.6. The minimum Gasteiger partial charge on any atom is -0.415 e. The molecule has 0 bridgehead atoms. The van der Waals surface area contributed by atoms with Crippen LogP contribution in [0.5, 0.6) is 0 Å². The number of aromatic nitrogens is 2. The highest BCUT2D eigenvalue weighted by Crippen LogP contribution is 2.36. The van der Waals surface area contributed by atoms with E-state index in [1.165, 1.54) is 6.07 Å². The van der Waals surface area contributed by atoms with Crippen molar-refractivity contribution >= 4 is 34.6 Å². The predicted molar refractivity (Wildman–Crippen MR) is 122 cm³/mol. The number of benzene rings is 2. The molecule has 1 N–H and O–H groups in total. The largest absolute Gasteiger partial charge is 0.415 e. The van der Waals surface area contributed by atoms with Gasteiger partial charge < -0.3 is 19.5 Å². The summed E-state index contributed by atoms with van der Waals surface area (Å²) in [6.45, 7) is 4.12. The van der Waals surface area contributed by atoms with Gasteiger partial charge in [0.15, 0.2) is 5.11 Å². The summed E-state index contributed by atoms with van der Waals surface area (Å²) in [6.07, 6.45) is -2.82. The van der Waals surface area contributed by atoms with Crippen molar-refractivity contribution in [3.05, 3.63) is 64.8 Å². The van der Waals surface area contributed by atoms with E-state index in [2.05, 4.69) is 20.4 Å². The lowest BCUT2D eigenvalue weighted by atomic mass is 9.75. The first-order chi connectivity index (χ1) is 15.8. The Labute approximate surface area is 198 Å². The van der Waals surface area contributed by atoms with Gasteiger partial charge in [0.05, 0.1) is 11.6 Å². The van der Waals surface area contributed by atoms with Crippen LogP contribution in [0.2, 0.25) is 5.02 Å². The minimum atomic E-state index is -2.82. The van der Waals surface area contributed by atoms with Gasteiger partial charge in [-0.2, -0.15) is 8.78 Å². The number of nitrogens with one attached hydrogen (secondary N) is 1. The number of hydrogen-bond acceptors (Lipinski definition) is 5. The molecule has 172 valence electrons. The first kappa shape index (κ1) is 22.1. The molecule has 0 radical (unpaired) electrons. The molecule has 1 spiro atoms. The summed E-state index contributed by atoms with van der Waals surface area (Å²) in [4.78, 5) is 4.04. The zero-order chi connectivity index (χ0) is 23.2. The summed E-state index contributed by atoms with van der Waals surface area (Å²) < 4.78 is 44.2. The third-order valence-corrected chi connectivity index (χ3v) is 6.71. The molecular weight excluding hydrogens is 475 g/mol. The van der Waals surface area contributed by atoms with E-state index in [1.54, 1.807) is 24.3 Å². The van der Waals surface area contributed by atoms with Crippen LogP contribution < -0.4 is 10.2 Å². The van der Waals surface area contributed by atoms with Gasteiger partial charge in [-0.1, -0.05) is 23.7 Å². The van der Waals surface area contributed by atoms with Crippen LogP contribution in [0.15, 0.2) is 46.9 Å². The molecule has 11 heteroatoms. The summed E-state index contributed by atoms with van der Waals surface area (Å²) in [5.74, 6) is -1.19. The minimum absolute atomic E-state index is 0.0187. The fraction of sp³-hybridized carbons (Fsp3) is 0.318. The van der Waals surface area contributed by atoms with Crippen LogP contribution in [0.4, 0.5) is 18.9 Å². The zero-order valence-corrected chi connectivity index (χ0v) is 18.8. The average molecular weight is 494 g/mol. The molecule has 2 aliphatic heterocycles. The molecule has 2 aromatic carbocycles. The van der Waals surface area contributed by atoms with E-state index in [0.29, 0.717) is 28.3 Å². The van der Waals surface area contributed by atoms with Crippen molar-refractivity contribution in [2.24, 2.45) is 5.41 Å². The van der Waals surface area contributed by atoms with E-state index in [9.17, 15) is 13.2 Å². The predicted octanol–water partition coefficient (Wildman–Crippen LogP) is 4.66. The molecule has 2 fully saturated rings. The van der Waals surface area contributed by atoms with E-state index in [0.717, 1.165) is 31.7 Å². The van der Waals surface area contributed by atoms with Crippen molar-refractivity contribution in [3.8, 4) is 11.5 Å². The second-order valence-electron chi connectivity index (χ2n) is 8.37. The maximum Gasteiger partial charge on any atom is 0.314 e. The molecule has 0 aliphatic carbocycles. The quantitative estimate of drug-likeness (QED) is 0.519. The number of halogens is 4. The van der Waals surface area contributed by atoms with E-state index in [-0.39, 0.29) is 10.9 Å². The molecule has 2 saturated heterocycles. The van der Waals surface area contributed by atoms with Crippen LogP contribution in [0.25, 0.3) is 11.5 Å². The maximum absolute atomic E-state index is 13.8. The Morgan fingerprint density at radius 1 is 1.18 bits per heavy atom.